The molecule has 0 N–H and O–H groups in total. The number of hydrogen-bond donors (Lipinski definition) is 0. The molecule has 1 aromatic rings. The number of methoxy groups -OCH3 is 1. The van der Waals surface area contributed by atoms with Crippen molar-refractivity contribution in [2.24, 2.45) is 0 Å². The second kappa shape index (κ2) is 8.55. The lowest BCUT2D eigenvalue weighted by molar-refractivity contribution is -0.126. The number of hydrogen-bond acceptors (Lipinski definition) is 4. The van der Waals surface area contributed by atoms with Gasteiger partial charge >= 0.3 is 0 Å². The Labute approximate surface area is 120 Å². The molecule has 5 heteroatoms. The zero-order chi connectivity index (χ0) is 15.0. The van der Waals surface area contributed by atoms with Gasteiger partial charge in [-0.2, -0.15) is 0 Å². The van der Waals surface area contributed by atoms with Crippen molar-refractivity contribution in [3.05, 3.63) is 29.7 Å². The average molecular weight is 280 g/mol. The van der Waals surface area contributed by atoms with Crippen LogP contribution in [0.15, 0.2) is 22.6 Å². The fourth-order valence-corrected chi connectivity index (χ4v) is 1.66. The minimum atomic E-state index is -0.0297. The number of aryl methyl sites for hydroxylation is 1. The summed E-state index contributed by atoms with van der Waals surface area (Å²) < 4.78 is 10.4. The number of carbonyl (C=O) groups is 1. The molecular weight excluding hydrogens is 256 g/mol. The van der Waals surface area contributed by atoms with E-state index in [-0.39, 0.29) is 5.91 Å². The molecule has 0 aliphatic rings. The van der Waals surface area contributed by atoms with Crippen molar-refractivity contribution in [1.82, 2.24) is 9.80 Å². The average Bonchev–Trinajstić information content (AvgIpc) is 2.81. The molecule has 0 aliphatic heterocycles. The first kappa shape index (κ1) is 16.5. The van der Waals surface area contributed by atoms with Crippen molar-refractivity contribution in [2.75, 3.05) is 47.4 Å². The van der Waals surface area contributed by atoms with Gasteiger partial charge in [-0.1, -0.05) is 0 Å². The number of rotatable bonds is 8. The van der Waals surface area contributed by atoms with Crippen LogP contribution < -0.4 is 0 Å². The van der Waals surface area contributed by atoms with Crippen molar-refractivity contribution in [2.45, 2.75) is 6.92 Å². The maximum Gasteiger partial charge on any atom is 0.246 e. The molecule has 0 saturated carbocycles. The monoisotopic (exact) mass is 280 g/mol. The van der Waals surface area contributed by atoms with Crippen LogP contribution in [0.2, 0.25) is 0 Å². The minimum Gasteiger partial charge on any atom is -0.462 e. The van der Waals surface area contributed by atoms with Crippen LogP contribution in [0.4, 0.5) is 0 Å². The molecule has 1 rings (SSSR count). The maximum absolute atomic E-state index is 12.2. The summed E-state index contributed by atoms with van der Waals surface area (Å²) in [5, 5.41) is 0. The third kappa shape index (κ3) is 6.04. The number of ether oxygens (including phenoxy) is 1. The van der Waals surface area contributed by atoms with Crippen LogP contribution in [0.3, 0.4) is 0 Å². The molecule has 0 aliphatic carbocycles. The van der Waals surface area contributed by atoms with Gasteiger partial charge in [0, 0.05) is 32.8 Å². The van der Waals surface area contributed by atoms with E-state index >= 15 is 0 Å². The van der Waals surface area contributed by atoms with Crippen molar-refractivity contribution in [3.8, 4) is 0 Å². The van der Waals surface area contributed by atoms with Gasteiger partial charge in [-0.15, -0.1) is 0 Å². The number of furan rings is 1. The smallest absolute Gasteiger partial charge is 0.246 e. The summed E-state index contributed by atoms with van der Waals surface area (Å²) in [6, 6.07) is 3.72. The van der Waals surface area contributed by atoms with Gasteiger partial charge in [0.2, 0.25) is 5.91 Å². The SMILES string of the molecule is COCCN(CCN(C)C)C(=O)/C=C/c1ccc(C)o1. The van der Waals surface area contributed by atoms with Gasteiger partial charge in [-0.25, -0.2) is 0 Å². The van der Waals surface area contributed by atoms with E-state index < -0.39 is 0 Å². The van der Waals surface area contributed by atoms with E-state index in [2.05, 4.69) is 0 Å². The summed E-state index contributed by atoms with van der Waals surface area (Å²) in [5.74, 6) is 1.49. The second-order valence-electron chi connectivity index (χ2n) is 4.90. The van der Waals surface area contributed by atoms with E-state index in [1.165, 1.54) is 0 Å². The lowest BCUT2D eigenvalue weighted by atomic mass is 10.3. The Kier molecular flexibility index (Phi) is 7.04. The molecule has 20 heavy (non-hydrogen) atoms. The van der Waals surface area contributed by atoms with Crippen LogP contribution >= 0.6 is 0 Å². The predicted molar refractivity (Wildman–Crippen MR) is 79.5 cm³/mol. The van der Waals surface area contributed by atoms with Crippen molar-refractivity contribution in [1.29, 1.82) is 0 Å². The standard InChI is InChI=1S/C15H24N2O3/c1-13-5-6-14(20-13)7-8-15(18)17(11-12-19-4)10-9-16(2)3/h5-8H,9-12H2,1-4H3/b8-7+. The van der Waals surface area contributed by atoms with Gasteiger partial charge in [0.1, 0.15) is 11.5 Å². The molecule has 0 fully saturated rings. The fraction of sp³-hybridized carbons (Fsp3) is 0.533. The highest BCUT2D eigenvalue weighted by molar-refractivity contribution is 5.91. The molecule has 0 saturated heterocycles. The maximum atomic E-state index is 12.2. The van der Waals surface area contributed by atoms with Crippen LogP contribution in [-0.2, 0) is 9.53 Å². The normalized spacial score (nSPS) is 11.4. The van der Waals surface area contributed by atoms with E-state index in [4.69, 9.17) is 9.15 Å². The summed E-state index contributed by atoms with van der Waals surface area (Å²) in [6.45, 7) is 4.50. The summed E-state index contributed by atoms with van der Waals surface area (Å²) in [4.78, 5) is 16.0. The van der Waals surface area contributed by atoms with E-state index in [0.29, 0.717) is 25.5 Å². The van der Waals surface area contributed by atoms with Crippen LogP contribution in [-0.4, -0.2) is 63.2 Å². The Morgan fingerprint density at radius 1 is 1.30 bits per heavy atom. The zero-order valence-corrected chi connectivity index (χ0v) is 12.8. The van der Waals surface area contributed by atoms with Crippen molar-refractivity contribution >= 4 is 12.0 Å². The quantitative estimate of drug-likeness (QED) is 0.679. The van der Waals surface area contributed by atoms with E-state index in [0.717, 1.165) is 12.3 Å². The molecular formula is C15H24N2O3. The molecule has 0 spiro atoms. The second-order valence-corrected chi connectivity index (χ2v) is 4.90. The summed E-state index contributed by atoms with van der Waals surface area (Å²) in [6.07, 6.45) is 3.24. The predicted octanol–water partition coefficient (Wildman–Crippen LogP) is 1.64. The Balaban J connectivity index is 2.59. The van der Waals surface area contributed by atoms with Crippen molar-refractivity contribution in [3.63, 3.8) is 0 Å². The third-order valence-electron chi connectivity index (χ3n) is 2.85. The first-order chi connectivity index (χ1) is 9.52. The third-order valence-corrected chi connectivity index (χ3v) is 2.85. The Hall–Kier alpha value is -1.59. The van der Waals surface area contributed by atoms with E-state index in [9.17, 15) is 4.79 Å². The van der Waals surface area contributed by atoms with Crippen LogP contribution in [0, 0.1) is 6.92 Å². The lowest BCUT2D eigenvalue weighted by Crippen LogP contribution is -2.37. The van der Waals surface area contributed by atoms with E-state index in [1.807, 2.05) is 38.1 Å². The molecule has 0 bridgehead atoms. The largest absolute Gasteiger partial charge is 0.462 e. The number of carbonyl (C=O) groups excluding carboxylic acids is 1. The minimum absolute atomic E-state index is 0.0297. The van der Waals surface area contributed by atoms with Crippen LogP contribution in [0.25, 0.3) is 6.08 Å². The molecule has 0 radical (unpaired) electrons. The fourth-order valence-electron chi connectivity index (χ4n) is 1.66. The highest BCUT2D eigenvalue weighted by Crippen LogP contribution is 2.08. The van der Waals surface area contributed by atoms with Gasteiger partial charge < -0.3 is 19.0 Å². The molecule has 0 aromatic carbocycles. The number of amides is 1. The molecule has 112 valence electrons. The molecule has 1 heterocycles. The summed E-state index contributed by atoms with van der Waals surface area (Å²) in [5.41, 5.74) is 0. The van der Waals surface area contributed by atoms with Crippen LogP contribution in [0.5, 0.6) is 0 Å². The Morgan fingerprint density at radius 2 is 2.05 bits per heavy atom. The molecule has 0 unspecified atom stereocenters. The van der Waals surface area contributed by atoms with Crippen molar-refractivity contribution < 1.29 is 13.9 Å². The number of likely N-dealkylation sites (N-methyl/N-ethyl adjacent to an activating group) is 1. The number of nitrogens with zero attached hydrogens (tertiary/aromatic N) is 2. The van der Waals surface area contributed by atoms with Crippen LogP contribution in [0.1, 0.15) is 11.5 Å². The highest BCUT2D eigenvalue weighted by atomic mass is 16.5. The van der Waals surface area contributed by atoms with Gasteiger partial charge in [0.05, 0.1) is 6.61 Å². The Morgan fingerprint density at radius 3 is 2.60 bits per heavy atom. The van der Waals surface area contributed by atoms with Gasteiger partial charge in [-0.3, -0.25) is 4.79 Å². The van der Waals surface area contributed by atoms with Gasteiger partial charge in [-0.05, 0) is 39.2 Å². The molecule has 5 nitrogen and oxygen atoms in total. The van der Waals surface area contributed by atoms with E-state index in [1.54, 1.807) is 24.2 Å². The molecule has 1 amide bonds. The Bertz CT molecular complexity index is 438. The first-order valence-corrected chi connectivity index (χ1v) is 6.70. The summed E-state index contributed by atoms with van der Waals surface area (Å²) in [7, 11) is 5.61. The first-order valence-electron chi connectivity index (χ1n) is 6.70. The van der Waals surface area contributed by atoms with Gasteiger partial charge in [0.25, 0.3) is 0 Å². The topological polar surface area (TPSA) is 45.9 Å². The highest BCUT2D eigenvalue weighted by Gasteiger charge is 2.10. The molecule has 0 atom stereocenters. The van der Waals surface area contributed by atoms with Gasteiger partial charge in [0.15, 0.2) is 0 Å². The summed E-state index contributed by atoms with van der Waals surface area (Å²) >= 11 is 0. The lowest BCUT2D eigenvalue weighted by Gasteiger charge is -2.22. The molecule has 1 aromatic heterocycles. The zero-order valence-electron chi connectivity index (χ0n) is 12.8.